The fourth-order valence-electron chi connectivity index (χ4n) is 3.60. The van der Waals surface area contributed by atoms with Crippen LogP contribution in [0.5, 0.6) is 5.75 Å². The largest absolute Gasteiger partial charge is 0.478 e. The molecule has 0 aliphatic carbocycles. The molecule has 0 heterocycles. The summed E-state index contributed by atoms with van der Waals surface area (Å²) in [4.78, 5) is 60.1. The Balaban J connectivity index is 1.43. The Morgan fingerprint density at radius 1 is 0.605 bits per heavy atom. The maximum atomic E-state index is 12.9. The molecule has 0 unspecified atom stereocenters. The van der Waals surface area contributed by atoms with Crippen molar-refractivity contribution in [2.45, 2.75) is 0 Å². The molecule has 9 nitrogen and oxygen atoms in total. The van der Waals surface area contributed by atoms with Crippen molar-refractivity contribution in [1.82, 2.24) is 0 Å². The van der Waals surface area contributed by atoms with Gasteiger partial charge >= 0.3 is 5.97 Å². The van der Waals surface area contributed by atoms with Crippen molar-refractivity contribution >= 4 is 41.4 Å². The van der Waals surface area contributed by atoms with E-state index in [0.717, 1.165) is 0 Å². The van der Waals surface area contributed by atoms with Crippen LogP contribution in [0, 0.1) is 0 Å². The molecule has 2 amide bonds. The monoisotopic (exact) mass is 508 g/mol. The van der Waals surface area contributed by atoms with Gasteiger partial charge in [-0.2, -0.15) is 0 Å². The zero-order valence-corrected chi connectivity index (χ0v) is 19.7. The standard InChI is InChI=1S/C29H20N2O7/c32-17-38-25-8-4-3-7-24(25)31-28(35)21-15-11-19(12-16-21)26(33)18-9-13-20(14-10-18)27(34)30-23-6-2-1-5-22(23)29(36)37/h1-17H,(H,30,34)(H,31,35)(H,36,37). The molecule has 38 heavy (non-hydrogen) atoms. The number of carboxylic acids is 1. The van der Waals surface area contributed by atoms with E-state index in [-0.39, 0.29) is 40.4 Å². The van der Waals surface area contributed by atoms with E-state index in [0.29, 0.717) is 16.8 Å². The number of nitrogens with one attached hydrogen (secondary N) is 2. The molecule has 0 bridgehead atoms. The number of benzene rings is 4. The number of rotatable bonds is 9. The average molecular weight is 508 g/mol. The van der Waals surface area contributed by atoms with Crippen molar-refractivity contribution in [1.29, 1.82) is 0 Å². The molecule has 3 N–H and O–H groups in total. The van der Waals surface area contributed by atoms with Crippen molar-refractivity contribution in [2.24, 2.45) is 0 Å². The first kappa shape index (κ1) is 25.5. The van der Waals surface area contributed by atoms with Gasteiger partial charge < -0.3 is 20.5 Å². The van der Waals surface area contributed by atoms with Gasteiger partial charge in [-0.25, -0.2) is 4.79 Å². The number of carboxylic acid groups (broad SMARTS) is 1. The topological polar surface area (TPSA) is 139 Å². The number of ether oxygens (including phenoxy) is 1. The summed E-state index contributed by atoms with van der Waals surface area (Å²) in [6, 6.07) is 24.4. The van der Waals surface area contributed by atoms with E-state index in [4.69, 9.17) is 4.74 Å². The third-order valence-corrected chi connectivity index (χ3v) is 5.53. The zero-order chi connectivity index (χ0) is 27.1. The van der Waals surface area contributed by atoms with Crippen LogP contribution < -0.4 is 15.4 Å². The predicted molar refractivity (Wildman–Crippen MR) is 139 cm³/mol. The summed E-state index contributed by atoms with van der Waals surface area (Å²) in [5.41, 5.74) is 1.63. The van der Waals surface area contributed by atoms with Crippen molar-refractivity contribution < 1.29 is 33.8 Å². The minimum Gasteiger partial charge on any atom is -0.478 e. The van der Waals surface area contributed by atoms with Crippen LogP contribution >= 0.6 is 0 Å². The smallest absolute Gasteiger partial charge is 0.337 e. The van der Waals surface area contributed by atoms with Gasteiger partial charge in [-0.15, -0.1) is 0 Å². The summed E-state index contributed by atoms with van der Waals surface area (Å²) < 4.78 is 4.85. The summed E-state index contributed by atoms with van der Waals surface area (Å²) in [7, 11) is 0. The highest BCUT2D eigenvalue weighted by Crippen LogP contribution is 2.24. The minimum absolute atomic E-state index is 0.0386. The summed E-state index contributed by atoms with van der Waals surface area (Å²) >= 11 is 0. The van der Waals surface area contributed by atoms with E-state index in [9.17, 15) is 29.1 Å². The molecule has 4 aromatic carbocycles. The number of ketones is 1. The maximum Gasteiger partial charge on any atom is 0.337 e. The Morgan fingerprint density at radius 3 is 1.58 bits per heavy atom. The average Bonchev–Trinajstić information content (AvgIpc) is 2.94. The van der Waals surface area contributed by atoms with E-state index in [1.165, 1.54) is 66.7 Å². The zero-order valence-electron chi connectivity index (χ0n) is 19.7. The molecule has 4 aromatic rings. The summed E-state index contributed by atoms with van der Waals surface area (Å²) in [5, 5.41) is 14.5. The first-order valence-electron chi connectivity index (χ1n) is 11.3. The first-order valence-corrected chi connectivity index (χ1v) is 11.3. The summed E-state index contributed by atoms with van der Waals surface area (Å²) in [6.45, 7) is 0.267. The SMILES string of the molecule is O=COc1ccccc1NC(=O)c1ccc(C(=O)c2ccc(C(=O)Nc3ccccc3C(=O)O)cc2)cc1. The van der Waals surface area contributed by atoms with Crippen molar-refractivity contribution in [3.8, 4) is 5.75 Å². The van der Waals surface area contributed by atoms with E-state index >= 15 is 0 Å². The van der Waals surface area contributed by atoms with Gasteiger partial charge in [0.15, 0.2) is 11.5 Å². The second-order valence-electron chi connectivity index (χ2n) is 7.95. The Morgan fingerprint density at radius 2 is 1.05 bits per heavy atom. The minimum atomic E-state index is -1.16. The van der Waals surface area contributed by atoms with Gasteiger partial charge in [0.05, 0.1) is 16.9 Å². The lowest BCUT2D eigenvalue weighted by atomic mass is 10.0. The Hall–Kier alpha value is -5.57. The van der Waals surface area contributed by atoms with Crippen LogP contribution in [0.25, 0.3) is 0 Å². The lowest BCUT2D eigenvalue weighted by Crippen LogP contribution is -2.15. The van der Waals surface area contributed by atoms with Crippen LogP contribution in [0.3, 0.4) is 0 Å². The number of para-hydroxylation sites is 3. The highest BCUT2D eigenvalue weighted by atomic mass is 16.5. The third-order valence-electron chi connectivity index (χ3n) is 5.53. The Labute approximate surface area is 216 Å². The molecular weight excluding hydrogens is 488 g/mol. The predicted octanol–water partition coefficient (Wildman–Crippen LogP) is 4.66. The number of carbonyl (C=O) groups excluding carboxylic acids is 4. The molecule has 0 atom stereocenters. The van der Waals surface area contributed by atoms with Crippen LogP contribution in [-0.2, 0) is 4.79 Å². The van der Waals surface area contributed by atoms with Gasteiger partial charge in [0, 0.05) is 22.3 Å². The van der Waals surface area contributed by atoms with E-state index < -0.39 is 17.8 Å². The van der Waals surface area contributed by atoms with Crippen LogP contribution in [0.4, 0.5) is 11.4 Å². The second-order valence-corrected chi connectivity index (χ2v) is 7.95. The molecule has 0 aromatic heterocycles. The van der Waals surface area contributed by atoms with E-state index in [1.807, 2.05) is 0 Å². The van der Waals surface area contributed by atoms with Crippen molar-refractivity contribution in [2.75, 3.05) is 10.6 Å². The van der Waals surface area contributed by atoms with Crippen LogP contribution in [0.2, 0.25) is 0 Å². The Kier molecular flexibility index (Phi) is 7.69. The number of hydrogen-bond acceptors (Lipinski definition) is 6. The van der Waals surface area contributed by atoms with Crippen molar-refractivity contribution in [3.05, 3.63) is 125 Å². The van der Waals surface area contributed by atoms with Crippen LogP contribution in [0.15, 0.2) is 97.1 Å². The van der Waals surface area contributed by atoms with Gasteiger partial charge in [-0.3, -0.25) is 19.2 Å². The van der Waals surface area contributed by atoms with E-state index in [1.54, 1.807) is 30.3 Å². The normalized spacial score (nSPS) is 10.2. The highest BCUT2D eigenvalue weighted by molar-refractivity contribution is 6.12. The number of amides is 2. The molecule has 0 aliphatic rings. The fourth-order valence-corrected chi connectivity index (χ4v) is 3.60. The van der Waals surface area contributed by atoms with Gasteiger partial charge in [-0.1, -0.05) is 48.5 Å². The van der Waals surface area contributed by atoms with Gasteiger partial charge in [0.1, 0.15) is 0 Å². The lowest BCUT2D eigenvalue weighted by molar-refractivity contribution is -0.120. The maximum absolute atomic E-state index is 12.9. The van der Waals surface area contributed by atoms with Gasteiger partial charge in [-0.05, 0) is 48.5 Å². The quantitative estimate of drug-likeness (QED) is 0.221. The van der Waals surface area contributed by atoms with Gasteiger partial charge in [0.25, 0.3) is 18.3 Å². The van der Waals surface area contributed by atoms with Gasteiger partial charge in [0.2, 0.25) is 0 Å². The summed E-state index contributed by atoms with van der Waals surface area (Å²) in [6.07, 6.45) is 0. The Bertz CT molecular complexity index is 1530. The number of carbonyl (C=O) groups is 5. The number of hydrogen-bond donors (Lipinski definition) is 3. The second kappa shape index (κ2) is 11.4. The summed E-state index contributed by atoms with van der Waals surface area (Å²) in [5.74, 6) is -2.25. The molecule has 188 valence electrons. The molecule has 0 spiro atoms. The molecule has 4 rings (SSSR count). The molecule has 0 aliphatic heterocycles. The van der Waals surface area contributed by atoms with Crippen LogP contribution in [-0.4, -0.2) is 35.1 Å². The molecular formula is C29H20N2O7. The molecule has 0 fully saturated rings. The number of anilines is 2. The van der Waals surface area contributed by atoms with E-state index in [2.05, 4.69) is 10.6 Å². The molecule has 9 heteroatoms. The third kappa shape index (κ3) is 5.80. The van der Waals surface area contributed by atoms with Crippen molar-refractivity contribution in [3.63, 3.8) is 0 Å². The molecule has 0 radical (unpaired) electrons. The number of aromatic carboxylic acids is 1. The highest BCUT2D eigenvalue weighted by Gasteiger charge is 2.16. The van der Waals surface area contributed by atoms with Crippen LogP contribution in [0.1, 0.15) is 47.0 Å². The molecule has 0 saturated heterocycles. The molecule has 0 saturated carbocycles. The lowest BCUT2D eigenvalue weighted by Gasteiger charge is -2.10. The first-order chi connectivity index (χ1) is 18.4. The fraction of sp³-hybridized carbons (Fsp3) is 0.